The Labute approximate surface area is 169 Å². The van der Waals surface area contributed by atoms with Crippen molar-refractivity contribution < 1.29 is 24.1 Å². The van der Waals surface area contributed by atoms with Crippen molar-refractivity contribution in [3.63, 3.8) is 0 Å². The van der Waals surface area contributed by atoms with Crippen molar-refractivity contribution >= 4 is 17.1 Å². The molecule has 11 heteroatoms. The molecule has 3 aromatic rings. The van der Waals surface area contributed by atoms with Gasteiger partial charge in [0.25, 0.3) is 5.91 Å². The lowest BCUT2D eigenvalue weighted by Crippen LogP contribution is -2.30. The van der Waals surface area contributed by atoms with Crippen LogP contribution in [0.4, 0.5) is 4.39 Å². The molecule has 4 rings (SSSR count). The van der Waals surface area contributed by atoms with Gasteiger partial charge in [0, 0.05) is 6.54 Å². The van der Waals surface area contributed by atoms with E-state index in [9.17, 15) is 19.4 Å². The summed E-state index contributed by atoms with van der Waals surface area (Å²) in [5.74, 6) is -1.22. The maximum absolute atomic E-state index is 13.7. The fourth-order valence-electron chi connectivity index (χ4n) is 3.29. The highest BCUT2D eigenvalue weighted by Crippen LogP contribution is 2.31. The molecule has 0 aliphatic carbocycles. The number of hydrogen-bond donors (Lipinski definition) is 3. The molecule has 1 amide bonds. The smallest absolute Gasteiger partial charge is 0.272 e. The molecule has 154 valence electrons. The predicted octanol–water partition coefficient (Wildman–Crippen LogP) is 0.406. The standard InChI is InChI=1S/C19H17FN6O4/c1-9-15(27)16(28)19(30-9)26-8-25-13-14(23-7-24-17(13)26)18(29)22-6-10-2-3-11(5-21)12(20)4-10/h2-4,7-9,15-16,19,27-28H,6H2,1H3,(H,22,29)/t9-,15-,16-,19-/m1/s1. The summed E-state index contributed by atoms with van der Waals surface area (Å²) in [7, 11) is 0. The van der Waals surface area contributed by atoms with Gasteiger partial charge in [-0.05, 0) is 24.6 Å². The molecule has 2 aromatic heterocycles. The minimum atomic E-state index is -1.18. The largest absolute Gasteiger partial charge is 0.388 e. The first kappa shape index (κ1) is 19.8. The molecule has 1 aliphatic rings. The van der Waals surface area contributed by atoms with Gasteiger partial charge in [0.15, 0.2) is 17.6 Å². The lowest BCUT2D eigenvalue weighted by Gasteiger charge is -2.16. The number of halogens is 1. The normalized spacial score (nSPS) is 23.4. The molecule has 3 N–H and O–H groups in total. The summed E-state index contributed by atoms with van der Waals surface area (Å²) in [5, 5.41) is 31.5. The Morgan fingerprint density at radius 1 is 1.33 bits per heavy atom. The summed E-state index contributed by atoms with van der Waals surface area (Å²) in [4.78, 5) is 24.9. The van der Waals surface area contributed by atoms with E-state index in [4.69, 9.17) is 10.00 Å². The van der Waals surface area contributed by atoms with Gasteiger partial charge < -0.3 is 20.3 Å². The van der Waals surface area contributed by atoms with Crippen LogP contribution in [0.1, 0.15) is 34.8 Å². The van der Waals surface area contributed by atoms with Crippen LogP contribution in [0.5, 0.6) is 0 Å². The van der Waals surface area contributed by atoms with Gasteiger partial charge in [-0.1, -0.05) is 6.07 Å². The lowest BCUT2D eigenvalue weighted by atomic mass is 10.1. The van der Waals surface area contributed by atoms with Gasteiger partial charge in [0.2, 0.25) is 0 Å². The number of aromatic nitrogens is 4. The van der Waals surface area contributed by atoms with E-state index in [2.05, 4.69) is 20.3 Å². The summed E-state index contributed by atoms with van der Waals surface area (Å²) in [6.45, 7) is 1.65. The summed E-state index contributed by atoms with van der Waals surface area (Å²) in [6.07, 6.45) is -1.21. The molecule has 10 nitrogen and oxygen atoms in total. The number of carbonyl (C=O) groups excluding carboxylic acids is 1. The van der Waals surface area contributed by atoms with Gasteiger partial charge in [-0.3, -0.25) is 9.36 Å². The Morgan fingerprint density at radius 2 is 2.13 bits per heavy atom. The fraction of sp³-hybridized carbons (Fsp3) is 0.316. The maximum atomic E-state index is 13.7. The zero-order valence-corrected chi connectivity index (χ0v) is 15.7. The van der Waals surface area contributed by atoms with Crippen molar-refractivity contribution in [2.75, 3.05) is 0 Å². The monoisotopic (exact) mass is 412 g/mol. The molecule has 0 spiro atoms. The van der Waals surface area contributed by atoms with Crippen LogP contribution in [0.2, 0.25) is 0 Å². The number of fused-ring (bicyclic) bond motifs is 1. The van der Waals surface area contributed by atoms with E-state index in [1.807, 2.05) is 0 Å². The Morgan fingerprint density at radius 3 is 2.80 bits per heavy atom. The van der Waals surface area contributed by atoms with Gasteiger partial charge in [-0.15, -0.1) is 0 Å². The highest BCUT2D eigenvalue weighted by Gasteiger charge is 2.42. The molecule has 3 heterocycles. The van der Waals surface area contributed by atoms with Gasteiger partial charge in [0.05, 0.1) is 18.0 Å². The molecule has 1 fully saturated rings. The number of aliphatic hydroxyl groups is 2. The first-order valence-corrected chi connectivity index (χ1v) is 9.06. The van der Waals surface area contributed by atoms with Crippen molar-refractivity contribution in [2.45, 2.75) is 38.0 Å². The van der Waals surface area contributed by atoms with Crippen molar-refractivity contribution in [1.82, 2.24) is 24.8 Å². The second-order valence-corrected chi connectivity index (χ2v) is 6.87. The van der Waals surface area contributed by atoms with E-state index in [0.29, 0.717) is 5.56 Å². The number of nitrogens with zero attached hydrogens (tertiary/aromatic N) is 5. The van der Waals surface area contributed by atoms with Crippen LogP contribution in [0.3, 0.4) is 0 Å². The van der Waals surface area contributed by atoms with Gasteiger partial charge >= 0.3 is 0 Å². The van der Waals surface area contributed by atoms with Crippen molar-refractivity contribution in [3.8, 4) is 6.07 Å². The van der Waals surface area contributed by atoms with E-state index in [1.54, 1.807) is 13.0 Å². The second kappa shape index (κ2) is 7.75. The number of hydrogen-bond acceptors (Lipinski definition) is 8. The molecule has 4 atom stereocenters. The number of nitrogens with one attached hydrogen (secondary N) is 1. The zero-order valence-electron chi connectivity index (χ0n) is 15.7. The fourth-order valence-corrected chi connectivity index (χ4v) is 3.29. The number of rotatable bonds is 4. The quantitative estimate of drug-likeness (QED) is 0.558. The predicted molar refractivity (Wildman–Crippen MR) is 99.2 cm³/mol. The molecular weight excluding hydrogens is 395 g/mol. The molecule has 0 saturated carbocycles. The summed E-state index contributed by atoms with van der Waals surface area (Å²) < 4.78 is 20.7. The topological polar surface area (TPSA) is 146 Å². The lowest BCUT2D eigenvalue weighted by molar-refractivity contribution is -0.0299. The van der Waals surface area contributed by atoms with Crippen LogP contribution >= 0.6 is 0 Å². The van der Waals surface area contributed by atoms with E-state index in [1.165, 1.54) is 35.4 Å². The number of nitriles is 1. The van der Waals surface area contributed by atoms with Gasteiger partial charge in [-0.25, -0.2) is 19.3 Å². The Hall–Kier alpha value is -3.46. The number of benzene rings is 1. The molecule has 1 aliphatic heterocycles. The van der Waals surface area contributed by atoms with Crippen molar-refractivity contribution in [1.29, 1.82) is 5.26 Å². The molecule has 0 bridgehead atoms. The number of amides is 1. The zero-order chi connectivity index (χ0) is 21.4. The molecule has 0 unspecified atom stereocenters. The number of aliphatic hydroxyl groups excluding tert-OH is 2. The van der Waals surface area contributed by atoms with E-state index < -0.39 is 36.3 Å². The highest BCUT2D eigenvalue weighted by molar-refractivity contribution is 6.02. The maximum Gasteiger partial charge on any atom is 0.272 e. The Bertz CT molecular complexity index is 1160. The number of imidazole rings is 1. The SMILES string of the molecule is C[C@H]1O[C@@H](n2cnc3c(C(=O)NCc4ccc(C#N)c(F)c4)ncnc32)[C@H](O)[C@@H]1O. The molecule has 0 radical (unpaired) electrons. The molecule has 1 aromatic carbocycles. The number of ether oxygens (including phenoxy) is 1. The van der Waals surface area contributed by atoms with Crippen LogP contribution in [0.25, 0.3) is 11.2 Å². The van der Waals surface area contributed by atoms with Crippen molar-refractivity contribution in [2.24, 2.45) is 0 Å². The molecule has 30 heavy (non-hydrogen) atoms. The summed E-state index contributed by atoms with van der Waals surface area (Å²) >= 11 is 0. The highest BCUT2D eigenvalue weighted by atomic mass is 19.1. The molecular formula is C19H17FN6O4. The van der Waals surface area contributed by atoms with E-state index in [-0.39, 0.29) is 29.0 Å². The summed E-state index contributed by atoms with van der Waals surface area (Å²) in [6, 6.07) is 5.78. The van der Waals surface area contributed by atoms with E-state index in [0.717, 1.165) is 0 Å². The van der Waals surface area contributed by atoms with Gasteiger partial charge in [0.1, 0.15) is 35.9 Å². The van der Waals surface area contributed by atoms with Crippen LogP contribution in [-0.2, 0) is 11.3 Å². The average Bonchev–Trinajstić information content (AvgIpc) is 3.28. The number of carbonyl (C=O) groups is 1. The Balaban J connectivity index is 1.56. The van der Waals surface area contributed by atoms with Crippen LogP contribution in [0, 0.1) is 17.1 Å². The molecule has 1 saturated heterocycles. The average molecular weight is 412 g/mol. The Kier molecular flexibility index (Phi) is 5.13. The van der Waals surface area contributed by atoms with Crippen molar-refractivity contribution in [3.05, 3.63) is 53.5 Å². The third-order valence-electron chi connectivity index (χ3n) is 4.93. The second-order valence-electron chi connectivity index (χ2n) is 6.87. The third kappa shape index (κ3) is 3.37. The first-order valence-electron chi connectivity index (χ1n) is 9.06. The third-order valence-corrected chi connectivity index (χ3v) is 4.93. The minimum Gasteiger partial charge on any atom is -0.388 e. The summed E-state index contributed by atoms with van der Waals surface area (Å²) in [5.41, 5.74) is 0.828. The van der Waals surface area contributed by atoms with Crippen LogP contribution in [-0.4, -0.2) is 54.0 Å². The van der Waals surface area contributed by atoms with Crippen LogP contribution in [0.15, 0.2) is 30.9 Å². The first-order chi connectivity index (χ1) is 14.4. The van der Waals surface area contributed by atoms with E-state index >= 15 is 0 Å². The van der Waals surface area contributed by atoms with Crippen LogP contribution < -0.4 is 5.32 Å². The van der Waals surface area contributed by atoms with Gasteiger partial charge in [-0.2, -0.15) is 5.26 Å². The minimum absolute atomic E-state index is 0.00560.